The summed E-state index contributed by atoms with van der Waals surface area (Å²) in [5, 5.41) is 2.65. The number of hydrogen-bond donors (Lipinski definition) is 1. The first-order chi connectivity index (χ1) is 9.16. The van der Waals surface area contributed by atoms with E-state index >= 15 is 0 Å². The van der Waals surface area contributed by atoms with Crippen LogP contribution >= 0.6 is 0 Å². The van der Waals surface area contributed by atoms with Gasteiger partial charge in [-0.3, -0.25) is 14.5 Å². The smallest absolute Gasteiger partial charge is 0.327 e. The third kappa shape index (κ3) is 1.95. The van der Waals surface area contributed by atoms with Crippen molar-refractivity contribution in [2.75, 3.05) is 19.6 Å². The van der Waals surface area contributed by atoms with Crippen LogP contribution in [0.25, 0.3) is 0 Å². The molecule has 2 aliphatic heterocycles. The Balaban J connectivity index is 1.79. The first-order valence-electron chi connectivity index (χ1n) is 6.12. The van der Waals surface area contributed by atoms with E-state index in [2.05, 4.69) is 5.32 Å². The molecule has 98 valence electrons. The third-order valence-electron chi connectivity index (χ3n) is 3.36. The summed E-state index contributed by atoms with van der Waals surface area (Å²) in [6.45, 7) is 1.16. The predicted molar refractivity (Wildman–Crippen MR) is 66.3 cm³/mol. The molecule has 19 heavy (non-hydrogen) atoms. The topological polar surface area (TPSA) is 69.7 Å². The summed E-state index contributed by atoms with van der Waals surface area (Å²) in [4.78, 5) is 38.3. The van der Waals surface area contributed by atoms with Gasteiger partial charge in [0.2, 0.25) is 5.91 Å². The van der Waals surface area contributed by atoms with E-state index in [9.17, 15) is 14.4 Å². The van der Waals surface area contributed by atoms with E-state index in [1.54, 1.807) is 12.1 Å². The van der Waals surface area contributed by atoms with Crippen molar-refractivity contribution in [2.24, 2.45) is 0 Å². The van der Waals surface area contributed by atoms with Crippen molar-refractivity contribution >= 4 is 17.8 Å². The fourth-order valence-electron chi connectivity index (χ4n) is 2.38. The molecule has 0 aromatic heterocycles. The highest BCUT2D eigenvalue weighted by Gasteiger charge is 2.35. The summed E-state index contributed by atoms with van der Waals surface area (Å²) in [7, 11) is 0. The number of piperazine rings is 1. The maximum atomic E-state index is 12.3. The Morgan fingerprint density at radius 1 is 1.16 bits per heavy atom. The van der Waals surface area contributed by atoms with Crippen molar-refractivity contribution in [3.63, 3.8) is 0 Å². The van der Waals surface area contributed by atoms with Crippen LogP contribution in [0.15, 0.2) is 24.3 Å². The lowest BCUT2D eigenvalue weighted by Gasteiger charge is -2.29. The second-order valence-corrected chi connectivity index (χ2v) is 4.60. The standard InChI is InChI=1S/C13H13N3O3/c17-11-8-15(6-5-14-11)13(19)16-7-9-3-1-2-4-10(9)12(16)18/h1-4H,5-8H2,(H,14,17). The van der Waals surface area contributed by atoms with Gasteiger partial charge in [-0.25, -0.2) is 4.79 Å². The van der Waals surface area contributed by atoms with E-state index in [1.165, 1.54) is 9.80 Å². The molecular formula is C13H13N3O3. The molecule has 0 aliphatic carbocycles. The van der Waals surface area contributed by atoms with Crippen molar-refractivity contribution in [2.45, 2.75) is 6.54 Å². The van der Waals surface area contributed by atoms with Gasteiger partial charge in [0.1, 0.15) is 6.54 Å². The van der Waals surface area contributed by atoms with Crippen LogP contribution in [0.5, 0.6) is 0 Å². The molecule has 2 aliphatic rings. The molecule has 1 fully saturated rings. The summed E-state index contributed by atoms with van der Waals surface area (Å²) in [6.07, 6.45) is 0. The monoisotopic (exact) mass is 259 g/mol. The average molecular weight is 259 g/mol. The number of amides is 4. The van der Waals surface area contributed by atoms with E-state index in [0.717, 1.165) is 5.56 Å². The second-order valence-electron chi connectivity index (χ2n) is 4.60. The number of nitrogens with one attached hydrogen (secondary N) is 1. The van der Waals surface area contributed by atoms with Crippen LogP contribution in [0.1, 0.15) is 15.9 Å². The number of urea groups is 1. The SMILES string of the molecule is O=C1CN(C(=O)N2Cc3ccccc3C2=O)CCN1. The Hall–Kier alpha value is -2.37. The van der Waals surface area contributed by atoms with Crippen molar-refractivity contribution in [1.29, 1.82) is 0 Å². The van der Waals surface area contributed by atoms with Crippen molar-refractivity contribution in [3.05, 3.63) is 35.4 Å². The van der Waals surface area contributed by atoms with Crippen molar-refractivity contribution in [1.82, 2.24) is 15.1 Å². The zero-order chi connectivity index (χ0) is 13.4. The molecule has 4 amide bonds. The molecule has 1 aromatic rings. The number of fused-ring (bicyclic) bond motifs is 1. The number of carbonyl (C=O) groups excluding carboxylic acids is 3. The number of nitrogens with zero attached hydrogens (tertiary/aromatic N) is 2. The quantitative estimate of drug-likeness (QED) is 0.723. The minimum atomic E-state index is -0.393. The maximum Gasteiger partial charge on any atom is 0.327 e. The van der Waals surface area contributed by atoms with E-state index in [4.69, 9.17) is 0 Å². The highest BCUT2D eigenvalue weighted by molar-refractivity contribution is 6.08. The zero-order valence-corrected chi connectivity index (χ0v) is 10.3. The van der Waals surface area contributed by atoms with Gasteiger partial charge in [0.05, 0.1) is 6.54 Å². The van der Waals surface area contributed by atoms with Gasteiger partial charge < -0.3 is 10.2 Å². The molecule has 0 saturated carbocycles. The van der Waals surface area contributed by atoms with Gasteiger partial charge >= 0.3 is 6.03 Å². The first-order valence-corrected chi connectivity index (χ1v) is 6.12. The minimum Gasteiger partial charge on any atom is -0.353 e. The van der Waals surface area contributed by atoms with Crippen LogP contribution in [-0.4, -0.2) is 47.3 Å². The Kier molecular flexibility index (Phi) is 2.70. The lowest BCUT2D eigenvalue weighted by molar-refractivity contribution is -0.123. The molecule has 1 saturated heterocycles. The van der Waals surface area contributed by atoms with Gasteiger partial charge in [0, 0.05) is 18.7 Å². The fraction of sp³-hybridized carbons (Fsp3) is 0.308. The molecule has 0 radical (unpaired) electrons. The fourth-order valence-corrected chi connectivity index (χ4v) is 2.38. The third-order valence-corrected chi connectivity index (χ3v) is 3.36. The van der Waals surface area contributed by atoms with Gasteiger partial charge in [-0.1, -0.05) is 18.2 Å². The van der Waals surface area contributed by atoms with Crippen LogP contribution in [0.2, 0.25) is 0 Å². The molecule has 3 rings (SSSR count). The summed E-state index contributed by atoms with van der Waals surface area (Å²) < 4.78 is 0. The average Bonchev–Trinajstić information content (AvgIpc) is 2.76. The summed E-state index contributed by atoms with van der Waals surface area (Å²) in [6, 6.07) is 6.78. The lowest BCUT2D eigenvalue weighted by atomic mass is 10.1. The van der Waals surface area contributed by atoms with Crippen LogP contribution < -0.4 is 5.32 Å². The summed E-state index contributed by atoms with van der Waals surface area (Å²) >= 11 is 0. The second kappa shape index (κ2) is 4.38. The molecule has 0 spiro atoms. The van der Waals surface area contributed by atoms with E-state index < -0.39 is 6.03 Å². The number of hydrogen-bond acceptors (Lipinski definition) is 3. The van der Waals surface area contributed by atoms with Crippen LogP contribution in [0.3, 0.4) is 0 Å². The highest BCUT2D eigenvalue weighted by atomic mass is 16.2. The van der Waals surface area contributed by atoms with Gasteiger partial charge in [0.25, 0.3) is 5.91 Å². The molecule has 1 aromatic carbocycles. The maximum absolute atomic E-state index is 12.3. The van der Waals surface area contributed by atoms with Gasteiger partial charge in [-0.05, 0) is 11.6 Å². The Bertz CT molecular complexity index is 570. The van der Waals surface area contributed by atoms with Crippen molar-refractivity contribution in [3.8, 4) is 0 Å². The largest absolute Gasteiger partial charge is 0.353 e. The highest BCUT2D eigenvalue weighted by Crippen LogP contribution is 2.23. The molecule has 1 N–H and O–H groups in total. The van der Waals surface area contributed by atoms with Crippen LogP contribution in [0.4, 0.5) is 4.79 Å². The van der Waals surface area contributed by atoms with Crippen LogP contribution in [0, 0.1) is 0 Å². The van der Waals surface area contributed by atoms with Crippen LogP contribution in [-0.2, 0) is 11.3 Å². The zero-order valence-electron chi connectivity index (χ0n) is 10.3. The molecule has 2 heterocycles. The minimum absolute atomic E-state index is 0.0129. The predicted octanol–water partition coefficient (Wildman–Crippen LogP) is 0.194. The van der Waals surface area contributed by atoms with E-state index in [0.29, 0.717) is 18.7 Å². The molecule has 0 unspecified atom stereocenters. The van der Waals surface area contributed by atoms with E-state index in [-0.39, 0.29) is 24.9 Å². The molecule has 0 atom stereocenters. The number of rotatable bonds is 0. The van der Waals surface area contributed by atoms with Gasteiger partial charge in [-0.2, -0.15) is 0 Å². The number of carbonyl (C=O) groups is 3. The molecule has 0 bridgehead atoms. The number of benzene rings is 1. The molecular weight excluding hydrogens is 246 g/mol. The normalized spacial score (nSPS) is 18.3. The first kappa shape index (κ1) is 11.7. The van der Waals surface area contributed by atoms with Gasteiger partial charge in [0.15, 0.2) is 0 Å². The Morgan fingerprint density at radius 3 is 2.68 bits per heavy atom. The lowest BCUT2D eigenvalue weighted by Crippen LogP contribution is -2.54. The van der Waals surface area contributed by atoms with Crippen molar-refractivity contribution < 1.29 is 14.4 Å². The molecule has 6 heteroatoms. The molecule has 6 nitrogen and oxygen atoms in total. The Morgan fingerprint density at radius 2 is 1.95 bits per heavy atom. The number of imide groups is 1. The Labute approximate surface area is 110 Å². The summed E-state index contributed by atoms with van der Waals surface area (Å²) in [5.41, 5.74) is 1.42. The summed E-state index contributed by atoms with van der Waals surface area (Å²) in [5.74, 6) is -0.477. The van der Waals surface area contributed by atoms with Gasteiger partial charge in [-0.15, -0.1) is 0 Å². The van der Waals surface area contributed by atoms with E-state index in [1.807, 2.05) is 12.1 Å².